The summed E-state index contributed by atoms with van der Waals surface area (Å²) in [4.78, 5) is 27.3. The van der Waals surface area contributed by atoms with E-state index >= 15 is 0 Å². The number of aliphatic hydroxyl groups is 1. The van der Waals surface area contributed by atoms with Crippen molar-refractivity contribution < 1.29 is 9.90 Å². The number of aliphatic hydroxyl groups excluding tert-OH is 1. The molecule has 0 spiro atoms. The van der Waals surface area contributed by atoms with Crippen LogP contribution in [-0.2, 0) is 4.79 Å². The van der Waals surface area contributed by atoms with Gasteiger partial charge in [-0.05, 0) is 24.1 Å². The second kappa shape index (κ2) is 9.30. The number of carbonyl (C=O) groups excluding carboxylic acids is 1. The van der Waals surface area contributed by atoms with Crippen molar-refractivity contribution in [3.8, 4) is 0 Å². The average Bonchev–Trinajstić information content (AvgIpc) is 3.60. The molecule has 1 aliphatic carbocycles. The summed E-state index contributed by atoms with van der Waals surface area (Å²) in [6.45, 7) is 6.66. The Hall–Kier alpha value is -2.46. The molecule has 4 atom stereocenters. The predicted octanol–water partition coefficient (Wildman–Crippen LogP) is 1.88. The molecule has 182 valence electrons. The molecule has 2 aliphatic heterocycles. The summed E-state index contributed by atoms with van der Waals surface area (Å²) < 4.78 is 0. The third-order valence-corrected chi connectivity index (χ3v) is 7.24. The summed E-state index contributed by atoms with van der Waals surface area (Å²) in [6, 6.07) is 8.65. The molecule has 34 heavy (non-hydrogen) atoms. The smallest absolute Gasteiger partial charge is 0.245 e. The highest BCUT2D eigenvalue weighted by molar-refractivity contribution is 6.30. The summed E-state index contributed by atoms with van der Waals surface area (Å²) in [6.07, 6.45) is 1.88. The molecule has 1 saturated heterocycles. The number of amides is 1. The molecule has 9 nitrogen and oxygen atoms in total. The first-order valence-electron chi connectivity index (χ1n) is 11.9. The van der Waals surface area contributed by atoms with Gasteiger partial charge in [0.05, 0.1) is 6.54 Å². The molecule has 1 aromatic carbocycles. The molecular formula is C24H32ClN7O2. The van der Waals surface area contributed by atoms with E-state index in [2.05, 4.69) is 44.2 Å². The fourth-order valence-corrected chi connectivity index (χ4v) is 5.32. The van der Waals surface area contributed by atoms with Crippen molar-refractivity contribution in [2.24, 2.45) is 0 Å². The highest BCUT2D eigenvalue weighted by Crippen LogP contribution is 2.45. The molecule has 1 saturated carbocycles. The van der Waals surface area contributed by atoms with Crippen LogP contribution >= 0.6 is 11.6 Å². The topological polar surface area (TPSA) is 96.9 Å². The van der Waals surface area contributed by atoms with Gasteiger partial charge >= 0.3 is 0 Å². The first kappa shape index (κ1) is 23.3. The van der Waals surface area contributed by atoms with Crippen LogP contribution in [0.3, 0.4) is 0 Å². The normalized spacial score (nSPS) is 23.9. The quantitative estimate of drug-likeness (QED) is 0.547. The van der Waals surface area contributed by atoms with Gasteiger partial charge in [0.15, 0.2) is 11.6 Å². The molecule has 2 fully saturated rings. The monoisotopic (exact) mass is 485 g/mol. The number of nitrogens with zero attached hydrogens (tertiary/aromatic N) is 5. The Morgan fingerprint density at radius 2 is 1.97 bits per heavy atom. The van der Waals surface area contributed by atoms with Gasteiger partial charge in [0.2, 0.25) is 5.91 Å². The van der Waals surface area contributed by atoms with E-state index in [1.165, 1.54) is 6.33 Å². The number of carbonyl (C=O) groups is 1. The zero-order chi connectivity index (χ0) is 24.0. The van der Waals surface area contributed by atoms with Crippen molar-refractivity contribution in [1.29, 1.82) is 0 Å². The highest BCUT2D eigenvalue weighted by atomic mass is 35.5. The Kier molecular flexibility index (Phi) is 6.37. The second-order valence-electron chi connectivity index (χ2n) is 9.73. The molecule has 5 rings (SSSR count). The number of benzene rings is 1. The van der Waals surface area contributed by atoms with Crippen molar-refractivity contribution >= 4 is 34.8 Å². The van der Waals surface area contributed by atoms with Gasteiger partial charge in [0.1, 0.15) is 18.2 Å². The fourth-order valence-electron chi connectivity index (χ4n) is 5.19. The second-order valence-corrected chi connectivity index (χ2v) is 10.2. The van der Waals surface area contributed by atoms with Gasteiger partial charge in [-0.3, -0.25) is 9.69 Å². The largest absolute Gasteiger partial charge is 0.378 e. The third kappa shape index (κ3) is 4.45. The SMILES string of the molecule is CC(C)NC[C@H](c1ccc(Cl)cc1)C(O)N1CCN(c2ncnc3c2N(C)CC(=O)N3)[C@@H]2C[C@@H]21. The summed E-state index contributed by atoms with van der Waals surface area (Å²) in [7, 11) is 1.90. The maximum atomic E-state index is 11.9. The van der Waals surface area contributed by atoms with Crippen LogP contribution in [0.5, 0.6) is 0 Å². The Morgan fingerprint density at radius 1 is 1.21 bits per heavy atom. The maximum Gasteiger partial charge on any atom is 0.245 e. The fraction of sp³-hybridized carbons (Fsp3) is 0.542. The lowest BCUT2D eigenvalue weighted by Crippen LogP contribution is -2.53. The third-order valence-electron chi connectivity index (χ3n) is 6.99. The minimum absolute atomic E-state index is 0.0689. The van der Waals surface area contributed by atoms with E-state index in [4.69, 9.17) is 11.6 Å². The first-order chi connectivity index (χ1) is 16.3. The number of nitrogens with one attached hydrogen (secondary N) is 2. The summed E-state index contributed by atoms with van der Waals surface area (Å²) in [5.41, 5.74) is 1.94. The molecule has 2 aromatic rings. The van der Waals surface area contributed by atoms with Crippen molar-refractivity contribution in [1.82, 2.24) is 20.2 Å². The number of halogens is 1. The number of fused-ring (bicyclic) bond motifs is 2. The van der Waals surface area contributed by atoms with E-state index in [0.29, 0.717) is 23.4 Å². The molecule has 0 radical (unpaired) electrons. The van der Waals surface area contributed by atoms with Crippen LogP contribution in [0.2, 0.25) is 5.02 Å². The lowest BCUT2D eigenvalue weighted by atomic mass is 9.95. The minimum Gasteiger partial charge on any atom is -0.378 e. The van der Waals surface area contributed by atoms with E-state index in [1.54, 1.807) is 0 Å². The lowest BCUT2D eigenvalue weighted by molar-refractivity contribution is -0.115. The predicted molar refractivity (Wildman–Crippen MR) is 134 cm³/mol. The van der Waals surface area contributed by atoms with Gasteiger partial charge in [-0.2, -0.15) is 0 Å². The van der Waals surface area contributed by atoms with Gasteiger partial charge in [-0.1, -0.05) is 37.6 Å². The molecule has 0 bridgehead atoms. The zero-order valence-electron chi connectivity index (χ0n) is 19.8. The highest BCUT2D eigenvalue weighted by Gasteiger charge is 2.53. The van der Waals surface area contributed by atoms with Crippen LogP contribution in [-0.4, -0.2) is 83.5 Å². The number of anilines is 3. The Bertz CT molecular complexity index is 1050. The minimum atomic E-state index is -0.606. The molecule has 1 aromatic heterocycles. The van der Waals surface area contributed by atoms with Gasteiger partial charge in [0.25, 0.3) is 0 Å². The van der Waals surface area contributed by atoms with Crippen LogP contribution in [0.25, 0.3) is 0 Å². The molecule has 1 unspecified atom stereocenters. The number of aromatic nitrogens is 2. The zero-order valence-corrected chi connectivity index (χ0v) is 20.5. The Labute approximate surface area is 205 Å². The van der Waals surface area contributed by atoms with Crippen molar-refractivity contribution in [2.75, 3.05) is 48.3 Å². The van der Waals surface area contributed by atoms with E-state index in [0.717, 1.165) is 36.6 Å². The molecule has 1 amide bonds. The number of hydrogen-bond acceptors (Lipinski definition) is 8. The van der Waals surface area contributed by atoms with Gasteiger partial charge in [-0.15, -0.1) is 0 Å². The molecule has 10 heteroatoms. The van der Waals surface area contributed by atoms with Gasteiger partial charge in [0, 0.05) is 55.7 Å². The van der Waals surface area contributed by atoms with Crippen molar-refractivity contribution in [2.45, 2.75) is 50.5 Å². The van der Waals surface area contributed by atoms with Crippen LogP contribution < -0.4 is 20.4 Å². The standard InChI is InChI=1S/C24H32ClN7O2/c1-14(2)26-11-17(15-4-6-16(25)7-5-15)24(34)32-9-8-31(18-10-19(18)32)23-21-22(27-13-28-23)29-20(33)12-30(21)3/h4-7,13-14,17-19,24,26,34H,8-12H2,1-3H3,(H,27,28,29,33)/t17-,18-,19+,24?/m1/s1. The lowest BCUT2D eigenvalue weighted by Gasteiger charge is -2.41. The van der Waals surface area contributed by atoms with Gasteiger partial charge in [-0.25, -0.2) is 9.97 Å². The van der Waals surface area contributed by atoms with E-state index in [9.17, 15) is 9.90 Å². The summed E-state index contributed by atoms with van der Waals surface area (Å²) in [5.74, 6) is 1.27. The Morgan fingerprint density at radius 3 is 2.71 bits per heavy atom. The number of hydrogen-bond donors (Lipinski definition) is 3. The summed E-state index contributed by atoms with van der Waals surface area (Å²) >= 11 is 6.11. The average molecular weight is 486 g/mol. The van der Waals surface area contributed by atoms with Crippen LogP contribution in [0.4, 0.5) is 17.3 Å². The first-order valence-corrected chi connectivity index (χ1v) is 12.3. The molecular weight excluding hydrogens is 454 g/mol. The van der Waals surface area contributed by atoms with Gasteiger partial charge < -0.3 is 25.5 Å². The van der Waals surface area contributed by atoms with Crippen molar-refractivity contribution in [3.05, 3.63) is 41.2 Å². The Balaban J connectivity index is 1.34. The summed E-state index contributed by atoms with van der Waals surface area (Å²) in [5, 5.41) is 18.6. The van der Waals surface area contributed by atoms with E-state index in [1.807, 2.05) is 36.2 Å². The van der Waals surface area contributed by atoms with Crippen LogP contribution in [0, 0.1) is 0 Å². The maximum absolute atomic E-state index is 11.9. The van der Waals surface area contributed by atoms with E-state index < -0.39 is 6.23 Å². The number of rotatable bonds is 7. The van der Waals surface area contributed by atoms with Crippen LogP contribution in [0.1, 0.15) is 31.7 Å². The molecule has 3 heterocycles. The van der Waals surface area contributed by atoms with E-state index in [-0.39, 0.29) is 30.5 Å². The molecule has 3 N–H and O–H groups in total. The molecule has 3 aliphatic rings. The number of likely N-dealkylation sites (N-methyl/N-ethyl adjacent to an activating group) is 1. The number of piperazine rings is 1. The van der Waals surface area contributed by atoms with Crippen molar-refractivity contribution in [3.63, 3.8) is 0 Å². The van der Waals surface area contributed by atoms with Crippen LogP contribution in [0.15, 0.2) is 30.6 Å².